The molecule has 2 fully saturated rings. The van der Waals surface area contributed by atoms with Crippen LogP contribution in [0.4, 0.5) is 5.95 Å². The number of amides is 3. The summed E-state index contributed by atoms with van der Waals surface area (Å²) in [4.78, 5) is 47.4. The maximum Gasteiger partial charge on any atom is 0.255 e. The number of fused-ring (bicyclic) bond motifs is 1. The minimum Gasteiger partial charge on any atom is -0.350 e. The van der Waals surface area contributed by atoms with Gasteiger partial charge in [-0.15, -0.1) is 0 Å². The molecule has 2 aromatic rings. The van der Waals surface area contributed by atoms with E-state index in [-0.39, 0.29) is 18.2 Å². The van der Waals surface area contributed by atoms with Crippen LogP contribution in [0.3, 0.4) is 0 Å². The number of nitrogens with one attached hydrogen (secondary N) is 3. The van der Waals surface area contributed by atoms with Crippen molar-refractivity contribution in [3.8, 4) is 0 Å². The predicted octanol–water partition coefficient (Wildman–Crippen LogP) is 1.32. The molecule has 3 aliphatic rings. The van der Waals surface area contributed by atoms with Gasteiger partial charge in [-0.3, -0.25) is 19.7 Å². The van der Waals surface area contributed by atoms with Crippen molar-refractivity contribution in [3.05, 3.63) is 52.8 Å². The maximum atomic E-state index is 13.0. The monoisotopic (exact) mass is 434 g/mol. The molecule has 5 rings (SSSR count). The zero-order valence-electron chi connectivity index (χ0n) is 17.8. The third-order valence-corrected chi connectivity index (χ3v) is 6.55. The van der Waals surface area contributed by atoms with Crippen LogP contribution in [0, 0.1) is 0 Å². The quantitative estimate of drug-likeness (QED) is 0.608. The van der Waals surface area contributed by atoms with Gasteiger partial charge in [0.15, 0.2) is 0 Å². The molecule has 32 heavy (non-hydrogen) atoms. The average Bonchev–Trinajstić information content (AvgIpc) is 3.15. The number of carbonyl (C=O) groups is 3. The van der Waals surface area contributed by atoms with Gasteiger partial charge in [-0.2, -0.15) is 0 Å². The lowest BCUT2D eigenvalue weighted by atomic mass is 9.94. The Labute approximate surface area is 186 Å². The summed E-state index contributed by atoms with van der Waals surface area (Å²) in [5.41, 5.74) is 3.55. The molecule has 0 radical (unpaired) electrons. The molecule has 2 saturated heterocycles. The smallest absolute Gasteiger partial charge is 0.255 e. The first kappa shape index (κ1) is 20.6. The molecule has 0 bridgehead atoms. The summed E-state index contributed by atoms with van der Waals surface area (Å²) in [5.74, 6) is 0.170. The summed E-state index contributed by atoms with van der Waals surface area (Å²) in [7, 11) is 0. The fourth-order valence-electron chi connectivity index (χ4n) is 4.79. The molecule has 3 aliphatic heterocycles. The average molecular weight is 435 g/mol. The number of hydrogen-bond acceptors (Lipinski definition) is 7. The molecule has 1 aromatic heterocycles. The third kappa shape index (κ3) is 3.95. The molecule has 9 heteroatoms. The fourth-order valence-corrected chi connectivity index (χ4v) is 4.79. The van der Waals surface area contributed by atoms with Crippen molar-refractivity contribution in [1.82, 2.24) is 25.5 Å². The van der Waals surface area contributed by atoms with Gasteiger partial charge in [0, 0.05) is 42.9 Å². The summed E-state index contributed by atoms with van der Waals surface area (Å²) in [5, 5.41) is 9.02. The van der Waals surface area contributed by atoms with E-state index < -0.39 is 11.9 Å². The van der Waals surface area contributed by atoms with Gasteiger partial charge in [-0.05, 0) is 55.6 Å². The van der Waals surface area contributed by atoms with Crippen molar-refractivity contribution in [2.45, 2.75) is 50.7 Å². The maximum absolute atomic E-state index is 13.0. The Bertz CT molecular complexity index is 1070. The lowest BCUT2D eigenvalue weighted by molar-refractivity contribution is -0.136. The molecule has 0 aliphatic carbocycles. The molecule has 9 nitrogen and oxygen atoms in total. The van der Waals surface area contributed by atoms with Crippen LogP contribution >= 0.6 is 0 Å². The normalized spacial score (nSPS) is 21.4. The molecule has 1 aromatic carbocycles. The van der Waals surface area contributed by atoms with Crippen molar-refractivity contribution >= 4 is 23.7 Å². The minimum atomic E-state index is -0.613. The van der Waals surface area contributed by atoms with Crippen molar-refractivity contribution in [3.63, 3.8) is 0 Å². The highest BCUT2D eigenvalue weighted by Gasteiger charge is 2.39. The van der Waals surface area contributed by atoms with E-state index in [0.29, 0.717) is 36.9 Å². The van der Waals surface area contributed by atoms with Crippen molar-refractivity contribution < 1.29 is 14.4 Å². The number of piperidine rings is 2. The van der Waals surface area contributed by atoms with E-state index in [1.807, 2.05) is 18.2 Å². The van der Waals surface area contributed by atoms with Crippen LogP contribution in [0.25, 0.3) is 0 Å². The van der Waals surface area contributed by atoms with E-state index >= 15 is 0 Å². The predicted molar refractivity (Wildman–Crippen MR) is 117 cm³/mol. The third-order valence-electron chi connectivity index (χ3n) is 6.55. The van der Waals surface area contributed by atoms with Crippen molar-refractivity contribution in [2.75, 3.05) is 18.4 Å². The van der Waals surface area contributed by atoms with E-state index in [0.717, 1.165) is 42.8 Å². The lowest BCUT2D eigenvalue weighted by Gasteiger charge is -2.29. The number of carbonyl (C=O) groups excluding carboxylic acids is 3. The highest BCUT2D eigenvalue weighted by Crippen LogP contribution is 2.30. The lowest BCUT2D eigenvalue weighted by Crippen LogP contribution is -2.52. The molecule has 1 unspecified atom stereocenters. The van der Waals surface area contributed by atoms with E-state index in [1.54, 1.807) is 17.2 Å². The Hall–Kier alpha value is -3.33. The zero-order valence-corrected chi connectivity index (χ0v) is 17.8. The molecule has 0 saturated carbocycles. The van der Waals surface area contributed by atoms with Gasteiger partial charge in [-0.1, -0.05) is 12.1 Å². The number of nitrogens with zero attached hydrogens (tertiary/aromatic N) is 3. The number of rotatable bonds is 5. The second-order valence-corrected chi connectivity index (χ2v) is 8.53. The van der Waals surface area contributed by atoms with Crippen molar-refractivity contribution in [1.29, 1.82) is 0 Å². The molecule has 4 heterocycles. The summed E-state index contributed by atoms with van der Waals surface area (Å²) in [6.07, 6.45) is 4.53. The molecule has 3 amide bonds. The van der Waals surface area contributed by atoms with Crippen LogP contribution in [0.1, 0.15) is 58.8 Å². The Morgan fingerprint density at radius 2 is 1.94 bits per heavy atom. The highest BCUT2D eigenvalue weighted by molar-refractivity contribution is 6.05. The van der Waals surface area contributed by atoms with Crippen LogP contribution in [-0.2, 0) is 22.7 Å². The molecule has 3 N–H and O–H groups in total. The summed E-state index contributed by atoms with van der Waals surface area (Å²) < 4.78 is 0. The second kappa shape index (κ2) is 8.66. The van der Waals surface area contributed by atoms with Gasteiger partial charge >= 0.3 is 0 Å². The SMILES string of the molecule is O=C1CCC(N2Cc3c(CNc4nccc(C5CCNCC5)n4)cccc3C2=O)C(=O)N1. The van der Waals surface area contributed by atoms with Crippen LogP contribution in [0.5, 0.6) is 0 Å². The molecule has 166 valence electrons. The largest absolute Gasteiger partial charge is 0.350 e. The minimum absolute atomic E-state index is 0.166. The first-order valence-electron chi connectivity index (χ1n) is 11.1. The number of anilines is 1. The first-order chi connectivity index (χ1) is 15.6. The second-order valence-electron chi connectivity index (χ2n) is 8.53. The highest BCUT2D eigenvalue weighted by atomic mass is 16.2. The molecule has 1 atom stereocenters. The Balaban J connectivity index is 1.30. The van der Waals surface area contributed by atoms with Gasteiger partial charge in [-0.25, -0.2) is 9.97 Å². The first-order valence-corrected chi connectivity index (χ1v) is 11.1. The van der Waals surface area contributed by atoms with Gasteiger partial charge in [0.2, 0.25) is 17.8 Å². The van der Waals surface area contributed by atoms with E-state index in [4.69, 9.17) is 4.98 Å². The van der Waals surface area contributed by atoms with E-state index in [1.165, 1.54) is 0 Å². The summed E-state index contributed by atoms with van der Waals surface area (Å²) in [6.45, 7) is 2.85. The van der Waals surface area contributed by atoms with Gasteiger partial charge in [0.05, 0.1) is 0 Å². The van der Waals surface area contributed by atoms with Crippen LogP contribution < -0.4 is 16.0 Å². The van der Waals surface area contributed by atoms with E-state index in [2.05, 4.69) is 20.9 Å². The number of benzene rings is 1. The van der Waals surface area contributed by atoms with Crippen LogP contribution in [0.2, 0.25) is 0 Å². The van der Waals surface area contributed by atoms with Gasteiger partial charge in [0.1, 0.15) is 6.04 Å². The van der Waals surface area contributed by atoms with Crippen LogP contribution in [-0.4, -0.2) is 51.7 Å². The Morgan fingerprint density at radius 3 is 2.75 bits per heavy atom. The van der Waals surface area contributed by atoms with Gasteiger partial charge < -0.3 is 15.5 Å². The number of aromatic nitrogens is 2. The number of hydrogen-bond donors (Lipinski definition) is 3. The van der Waals surface area contributed by atoms with Gasteiger partial charge in [0.25, 0.3) is 5.91 Å². The topological polar surface area (TPSA) is 116 Å². The molecular formula is C23H26N6O3. The molecule has 0 spiro atoms. The number of imide groups is 1. The van der Waals surface area contributed by atoms with Crippen LogP contribution in [0.15, 0.2) is 30.5 Å². The fraction of sp³-hybridized carbons (Fsp3) is 0.435. The Kier molecular flexibility index (Phi) is 5.57. The zero-order chi connectivity index (χ0) is 22.1. The Morgan fingerprint density at radius 1 is 1.09 bits per heavy atom. The molecular weight excluding hydrogens is 408 g/mol. The van der Waals surface area contributed by atoms with E-state index in [9.17, 15) is 14.4 Å². The van der Waals surface area contributed by atoms with Crippen molar-refractivity contribution in [2.24, 2.45) is 0 Å². The standard InChI is InChI=1S/C23H26N6O3/c30-20-5-4-19(21(31)28-20)29-13-17-15(2-1-3-16(17)22(29)32)12-26-23-25-11-8-18(27-23)14-6-9-24-10-7-14/h1-3,8,11,14,19,24H,4-7,9-10,12-13H2,(H,25,26,27)(H,28,30,31). The summed E-state index contributed by atoms with van der Waals surface area (Å²) in [6, 6.07) is 7.00. The summed E-state index contributed by atoms with van der Waals surface area (Å²) >= 11 is 0.